The number of rotatable bonds is 2. The maximum absolute atomic E-state index is 13.0. The Morgan fingerprint density at radius 1 is 0.913 bits per heavy atom. The van der Waals surface area contributed by atoms with Gasteiger partial charge in [-0.2, -0.15) is 13.2 Å². The van der Waals surface area contributed by atoms with Gasteiger partial charge >= 0.3 is 11.8 Å². The van der Waals surface area contributed by atoms with Gasteiger partial charge in [-0.3, -0.25) is 0 Å². The number of hydrogen-bond donors (Lipinski definition) is 1. The second kappa shape index (κ2) is 5.42. The highest BCUT2D eigenvalue weighted by molar-refractivity contribution is 5.84. The molecule has 2 aromatic carbocycles. The molecule has 0 spiro atoms. The fraction of sp³-hybridized carbons (Fsp3) is 0.0625. The largest absolute Gasteiger partial charge is 0.423 e. The van der Waals surface area contributed by atoms with Crippen molar-refractivity contribution in [2.45, 2.75) is 6.18 Å². The second-order valence-corrected chi connectivity index (χ2v) is 4.82. The average molecular weight is 323 g/mol. The fourth-order valence-corrected chi connectivity index (χ4v) is 2.17. The van der Waals surface area contributed by atoms with Gasteiger partial charge in [0.2, 0.25) is 0 Å². The Kier molecular flexibility index (Phi) is 3.55. The topological polar surface area (TPSA) is 42.2 Å². The molecule has 1 N–H and O–H groups in total. The third kappa shape index (κ3) is 3.18. The molecule has 7 heteroatoms. The van der Waals surface area contributed by atoms with Crippen molar-refractivity contribution < 1.29 is 22.0 Å². The molecule has 0 saturated heterocycles. The predicted molar refractivity (Wildman–Crippen MR) is 77.2 cm³/mol. The third-order valence-electron chi connectivity index (χ3n) is 3.18. The van der Waals surface area contributed by atoms with Crippen LogP contribution in [0.25, 0.3) is 11.0 Å². The van der Waals surface area contributed by atoms with E-state index >= 15 is 0 Å². The molecule has 1 heterocycles. The zero-order valence-corrected chi connectivity index (χ0v) is 11.4. The van der Waals surface area contributed by atoms with Crippen LogP contribution < -0.4 is 10.9 Å². The molecule has 0 amide bonds. The monoisotopic (exact) mass is 323 g/mol. The highest BCUT2D eigenvalue weighted by atomic mass is 19.4. The van der Waals surface area contributed by atoms with Crippen molar-refractivity contribution in [3.8, 4) is 0 Å². The van der Waals surface area contributed by atoms with E-state index in [-0.39, 0.29) is 11.0 Å². The Labute approximate surface area is 127 Å². The summed E-state index contributed by atoms with van der Waals surface area (Å²) in [5.74, 6) is -0.408. The van der Waals surface area contributed by atoms with Crippen molar-refractivity contribution in [1.82, 2.24) is 0 Å². The van der Waals surface area contributed by atoms with Crippen LogP contribution in [0.2, 0.25) is 0 Å². The first kappa shape index (κ1) is 15.1. The molecule has 0 fully saturated rings. The van der Waals surface area contributed by atoms with Gasteiger partial charge in [-0.15, -0.1) is 0 Å². The van der Waals surface area contributed by atoms with Crippen molar-refractivity contribution >= 4 is 22.3 Å². The quantitative estimate of drug-likeness (QED) is 0.549. The number of hydrogen-bond acceptors (Lipinski definition) is 3. The van der Waals surface area contributed by atoms with E-state index in [9.17, 15) is 22.4 Å². The second-order valence-electron chi connectivity index (χ2n) is 4.82. The molecular weight excluding hydrogens is 314 g/mol. The summed E-state index contributed by atoms with van der Waals surface area (Å²) in [6.45, 7) is 0. The lowest BCUT2D eigenvalue weighted by atomic mass is 10.1. The van der Waals surface area contributed by atoms with Crippen LogP contribution in [0.1, 0.15) is 5.56 Å². The minimum Gasteiger partial charge on any atom is -0.423 e. The van der Waals surface area contributed by atoms with Crippen LogP contribution in [0, 0.1) is 5.82 Å². The summed E-state index contributed by atoms with van der Waals surface area (Å²) in [4.78, 5) is 11.3. The van der Waals surface area contributed by atoms with Gasteiger partial charge in [-0.25, -0.2) is 9.18 Å². The van der Waals surface area contributed by atoms with Gasteiger partial charge < -0.3 is 9.73 Å². The predicted octanol–water partition coefficient (Wildman–Crippen LogP) is 4.69. The van der Waals surface area contributed by atoms with Gasteiger partial charge in [0.1, 0.15) is 11.4 Å². The van der Waals surface area contributed by atoms with Crippen LogP contribution in [0.4, 0.5) is 28.9 Å². The highest BCUT2D eigenvalue weighted by Gasteiger charge is 2.33. The number of benzene rings is 2. The van der Waals surface area contributed by atoms with Crippen molar-refractivity contribution in [1.29, 1.82) is 0 Å². The maximum atomic E-state index is 13.0. The van der Waals surface area contributed by atoms with Crippen LogP contribution >= 0.6 is 0 Å². The van der Waals surface area contributed by atoms with Crippen LogP contribution in [0.15, 0.2) is 57.7 Å². The zero-order chi connectivity index (χ0) is 16.6. The smallest absolute Gasteiger partial charge is 0.417 e. The van der Waals surface area contributed by atoms with Crippen LogP contribution in [0.5, 0.6) is 0 Å². The molecule has 0 aliphatic heterocycles. The molecule has 3 nitrogen and oxygen atoms in total. The van der Waals surface area contributed by atoms with E-state index in [1.54, 1.807) is 0 Å². The highest BCUT2D eigenvalue weighted by Crippen LogP contribution is 2.34. The lowest BCUT2D eigenvalue weighted by molar-refractivity contribution is -0.136. The summed E-state index contributed by atoms with van der Waals surface area (Å²) in [6.07, 6.45) is -4.65. The molecule has 0 aliphatic rings. The molecular formula is C16H9F4NO2. The van der Waals surface area contributed by atoms with E-state index < -0.39 is 23.2 Å². The lowest BCUT2D eigenvalue weighted by Gasteiger charge is -2.11. The van der Waals surface area contributed by atoms with Crippen LogP contribution in [0.3, 0.4) is 0 Å². The molecule has 23 heavy (non-hydrogen) atoms. The van der Waals surface area contributed by atoms with E-state index in [4.69, 9.17) is 4.42 Å². The summed E-state index contributed by atoms with van der Waals surface area (Å²) in [7, 11) is 0. The number of anilines is 2. The average Bonchev–Trinajstić information content (AvgIpc) is 2.47. The molecule has 0 bridgehead atoms. The zero-order valence-electron chi connectivity index (χ0n) is 11.4. The van der Waals surface area contributed by atoms with Crippen molar-refractivity contribution in [2.24, 2.45) is 0 Å². The summed E-state index contributed by atoms with van der Waals surface area (Å²) in [5.41, 5.74) is -1.36. The van der Waals surface area contributed by atoms with Gasteiger partial charge in [0.25, 0.3) is 0 Å². The normalized spacial score (nSPS) is 11.7. The minimum atomic E-state index is -4.65. The Hall–Kier alpha value is -2.83. The summed E-state index contributed by atoms with van der Waals surface area (Å²) in [5, 5.41) is 2.68. The van der Waals surface area contributed by atoms with Crippen LogP contribution in [-0.4, -0.2) is 0 Å². The van der Waals surface area contributed by atoms with E-state index in [1.807, 2.05) is 0 Å². The SMILES string of the molecule is O=c1cc(C(F)(F)F)c2ccc(Nc3ccc(F)cc3)cc2o1. The molecule has 0 aliphatic carbocycles. The first-order valence-electron chi connectivity index (χ1n) is 6.51. The van der Waals surface area contributed by atoms with E-state index in [0.717, 1.165) is 0 Å². The van der Waals surface area contributed by atoms with E-state index in [1.165, 1.54) is 42.5 Å². The Morgan fingerprint density at radius 3 is 2.22 bits per heavy atom. The molecule has 0 atom stereocenters. The summed E-state index contributed by atoms with van der Waals surface area (Å²) < 4.78 is 56.5. The van der Waals surface area contributed by atoms with Gasteiger partial charge in [-0.1, -0.05) is 0 Å². The van der Waals surface area contributed by atoms with E-state index in [2.05, 4.69) is 5.32 Å². The van der Waals surface area contributed by atoms with Gasteiger partial charge in [0.05, 0.1) is 5.56 Å². The molecule has 0 saturated carbocycles. The number of halogens is 4. The molecule has 118 valence electrons. The van der Waals surface area contributed by atoms with Gasteiger partial charge in [-0.05, 0) is 36.4 Å². The number of alkyl halides is 3. The first-order valence-corrected chi connectivity index (χ1v) is 6.51. The third-order valence-corrected chi connectivity index (χ3v) is 3.18. The first-order chi connectivity index (χ1) is 10.8. The molecule has 0 unspecified atom stereocenters. The number of nitrogens with one attached hydrogen (secondary N) is 1. The van der Waals surface area contributed by atoms with Crippen molar-refractivity contribution in [3.05, 3.63) is 70.3 Å². The molecule has 1 aromatic heterocycles. The molecule has 3 rings (SSSR count). The lowest BCUT2D eigenvalue weighted by Crippen LogP contribution is -2.11. The fourth-order valence-electron chi connectivity index (χ4n) is 2.17. The van der Waals surface area contributed by atoms with Crippen molar-refractivity contribution in [2.75, 3.05) is 5.32 Å². The van der Waals surface area contributed by atoms with Gasteiger partial charge in [0.15, 0.2) is 0 Å². The summed E-state index contributed by atoms with van der Waals surface area (Å²) in [6, 6.07) is 9.78. The van der Waals surface area contributed by atoms with Gasteiger partial charge in [0, 0.05) is 28.9 Å². The Bertz CT molecular complexity index is 914. The molecule has 3 aromatic rings. The molecule has 0 radical (unpaired) electrons. The standard InChI is InChI=1S/C16H9F4NO2/c17-9-1-3-10(4-2-9)21-11-5-6-12-13(16(18,19)20)8-15(22)23-14(12)7-11/h1-8,21H. The van der Waals surface area contributed by atoms with E-state index in [0.29, 0.717) is 17.4 Å². The maximum Gasteiger partial charge on any atom is 0.417 e. The van der Waals surface area contributed by atoms with Crippen molar-refractivity contribution in [3.63, 3.8) is 0 Å². The summed E-state index contributed by atoms with van der Waals surface area (Å²) >= 11 is 0. The Balaban J connectivity index is 2.05. The van der Waals surface area contributed by atoms with Crippen LogP contribution in [-0.2, 0) is 6.18 Å². The number of fused-ring (bicyclic) bond motifs is 1. The Morgan fingerprint density at radius 2 is 1.57 bits per heavy atom. The minimum absolute atomic E-state index is 0.183.